The molecule has 2 atom stereocenters. The van der Waals surface area contributed by atoms with Crippen molar-refractivity contribution < 1.29 is 24.5 Å². The summed E-state index contributed by atoms with van der Waals surface area (Å²) < 4.78 is 5.49. The smallest absolute Gasteiger partial charge is 0.305 e. The van der Waals surface area contributed by atoms with E-state index in [0.29, 0.717) is 25.9 Å². The van der Waals surface area contributed by atoms with Gasteiger partial charge in [-0.1, -0.05) is 340 Å². The minimum atomic E-state index is -0.667. The van der Waals surface area contributed by atoms with Gasteiger partial charge >= 0.3 is 5.97 Å². The molecular weight excluding hydrogens is 971 g/mol. The first-order chi connectivity index (χ1) is 39.0. The van der Waals surface area contributed by atoms with E-state index in [2.05, 4.69) is 43.5 Å². The summed E-state index contributed by atoms with van der Waals surface area (Å²) in [6, 6.07) is -0.545. The quantitative estimate of drug-likeness (QED) is 0.0320. The van der Waals surface area contributed by atoms with E-state index in [1.807, 2.05) is 0 Å². The molecule has 0 aromatic rings. The van der Waals surface area contributed by atoms with E-state index in [9.17, 15) is 19.8 Å². The number of aliphatic hydroxyl groups is 2. The molecule has 0 aliphatic carbocycles. The maximum atomic E-state index is 12.5. The van der Waals surface area contributed by atoms with E-state index in [1.54, 1.807) is 0 Å². The number of allylic oxidation sites excluding steroid dienone is 4. The van der Waals surface area contributed by atoms with E-state index in [4.69, 9.17) is 4.74 Å². The number of ether oxygens (including phenoxy) is 1. The maximum Gasteiger partial charge on any atom is 0.305 e. The van der Waals surface area contributed by atoms with Crippen LogP contribution in [0.25, 0.3) is 0 Å². The number of carbonyl (C=O) groups excluding carboxylic acids is 2. The molecule has 6 nitrogen and oxygen atoms in total. The van der Waals surface area contributed by atoms with Crippen molar-refractivity contribution in [2.24, 2.45) is 0 Å². The minimum Gasteiger partial charge on any atom is -0.466 e. The molecule has 0 heterocycles. The Labute approximate surface area is 494 Å². The molecule has 0 aromatic heterocycles. The van der Waals surface area contributed by atoms with Crippen LogP contribution in [-0.4, -0.2) is 47.4 Å². The lowest BCUT2D eigenvalue weighted by Gasteiger charge is -2.22. The number of amides is 1. The molecule has 0 saturated heterocycles. The molecule has 0 bridgehead atoms. The minimum absolute atomic E-state index is 0.00702. The Balaban J connectivity index is 3.39. The zero-order valence-electron chi connectivity index (χ0n) is 53.6. The average Bonchev–Trinajstić information content (AvgIpc) is 3.45. The molecule has 0 saturated carbocycles. The lowest BCUT2D eigenvalue weighted by atomic mass is 10.0. The van der Waals surface area contributed by atoms with E-state index in [0.717, 1.165) is 44.9 Å². The summed E-state index contributed by atoms with van der Waals surface area (Å²) in [5, 5.41) is 23.4. The van der Waals surface area contributed by atoms with Crippen LogP contribution in [-0.2, 0) is 14.3 Å². The van der Waals surface area contributed by atoms with Crippen LogP contribution in [0.5, 0.6) is 0 Å². The second-order valence-electron chi connectivity index (χ2n) is 24.9. The molecule has 0 aliphatic heterocycles. The maximum absolute atomic E-state index is 12.5. The molecule has 2 unspecified atom stereocenters. The summed E-state index contributed by atoms with van der Waals surface area (Å²) >= 11 is 0. The Kier molecular flexibility index (Phi) is 67.4. The first kappa shape index (κ1) is 77.3. The Morgan fingerprint density at radius 1 is 0.342 bits per heavy atom. The van der Waals surface area contributed by atoms with E-state index >= 15 is 0 Å². The van der Waals surface area contributed by atoms with Gasteiger partial charge in [-0.2, -0.15) is 0 Å². The highest BCUT2D eigenvalue weighted by Gasteiger charge is 2.20. The Morgan fingerprint density at radius 2 is 0.595 bits per heavy atom. The van der Waals surface area contributed by atoms with E-state index in [1.165, 1.54) is 327 Å². The predicted molar refractivity (Wildman–Crippen MR) is 347 cm³/mol. The van der Waals surface area contributed by atoms with E-state index in [-0.39, 0.29) is 18.5 Å². The second kappa shape index (κ2) is 68.8. The number of hydrogen-bond acceptors (Lipinski definition) is 5. The zero-order chi connectivity index (χ0) is 57.1. The fourth-order valence-electron chi connectivity index (χ4n) is 11.5. The highest BCUT2D eigenvalue weighted by atomic mass is 16.5. The van der Waals surface area contributed by atoms with Crippen LogP contribution in [0, 0.1) is 0 Å². The first-order valence-corrected chi connectivity index (χ1v) is 36.1. The third kappa shape index (κ3) is 65.4. The van der Waals surface area contributed by atoms with Gasteiger partial charge in [0.15, 0.2) is 0 Å². The van der Waals surface area contributed by atoms with Gasteiger partial charge in [-0.25, -0.2) is 0 Å². The standard InChI is InChI=1S/C73H141NO5/c1-3-5-7-9-11-13-15-17-19-21-22-28-31-34-37-41-45-49-53-57-61-65-71(76)70(69-75)74-72(77)66-62-58-54-50-46-42-38-35-32-29-26-24-23-25-27-30-33-36-40-44-48-52-56-60-64-68-79-73(78)67-63-59-55-51-47-43-39-20-18-16-14-12-10-8-6-4-2/h20,24,26,39,70-71,75-76H,3-19,21-23,25,27-38,40-69H2,1-2H3,(H,74,77)/b26-24-,39-20-. The molecule has 0 fully saturated rings. The largest absolute Gasteiger partial charge is 0.466 e. The molecule has 6 heteroatoms. The van der Waals surface area contributed by atoms with Crippen molar-refractivity contribution in [1.29, 1.82) is 0 Å². The molecule has 468 valence electrons. The van der Waals surface area contributed by atoms with E-state index < -0.39 is 12.1 Å². The summed E-state index contributed by atoms with van der Waals surface area (Å²) in [4.78, 5) is 24.6. The van der Waals surface area contributed by atoms with Crippen molar-refractivity contribution in [2.45, 2.75) is 418 Å². The van der Waals surface area contributed by atoms with Gasteiger partial charge in [-0.3, -0.25) is 9.59 Å². The van der Waals surface area contributed by atoms with Crippen molar-refractivity contribution >= 4 is 11.9 Å². The topological polar surface area (TPSA) is 95.9 Å². The zero-order valence-corrected chi connectivity index (χ0v) is 53.6. The monoisotopic (exact) mass is 1110 g/mol. The van der Waals surface area contributed by atoms with Crippen LogP contribution in [0.2, 0.25) is 0 Å². The number of nitrogens with one attached hydrogen (secondary N) is 1. The molecular formula is C73H141NO5. The first-order valence-electron chi connectivity index (χ1n) is 36.1. The van der Waals surface area contributed by atoms with Crippen LogP contribution in [0.1, 0.15) is 406 Å². The van der Waals surface area contributed by atoms with Crippen LogP contribution in [0.4, 0.5) is 0 Å². The van der Waals surface area contributed by atoms with Crippen molar-refractivity contribution in [2.75, 3.05) is 13.2 Å². The summed E-state index contributed by atoms with van der Waals surface area (Å²) in [5.41, 5.74) is 0. The molecule has 0 aliphatic rings. The van der Waals surface area contributed by atoms with Crippen LogP contribution >= 0.6 is 0 Å². The van der Waals surface area contributed by atoms with Gasteiger partial charge in [0.25, 0.3) is 0 Å². The fourth-order valence-corrected chi connectivity index (χ4v) is 11.5. The van der Waals surface area contributed by atoms with Gasteiger partial charge < -0.3 is 20.3 Å². The summed E-state index contributed by atoms with van der Waals surface area (Å²) in [6.07, 6.45) is 86.5. The number of esters is 1. The van der Waals surface area contributed by atoms with Gasteiger partial charge in [0.05, 0.1) is 25.4 Å². The van der Waals surface area contributed by atoms with Crippen molar-refractivity contribution in [3.63, 3.8) is 0 Å². The number of hydrogen-bond donors (Lipinski definition) is 3. The molecule has 0 rings (SSSR count). The Morgan fingerprint density at radius 3 is 0.899 bits per heavy atom. The SMILES string of the molecule is CCCCCCCCC/C=C\CCCCCCCC(=O)OCCCCCCCCCCCCCC/C=C\CCCCCCCCCCCC(=O)NC(CO)C(O)CCCCCCCCCCCCCCCCCCCCCCC. The Hall–Kier alpha value is -1.66. The molecule has 0 aromatic carbocycles. The highest BCUT2D eigenvalue weighted by molar-refractivity contribution is 5.76. The van der Waals surface area contributed by atoms with Gasteiger partial charge in [-0.05, 0) is 77.0 Å². The summed E-state index contributed by atoms with van der Waals surface area (Å²) in [5.74, 6) is -0.0267. The van der Waals surface area contributed by atoms with Gasteiger partial charge in [0.2, 0.25) is 5.91 Å². The third-order valence-corrected chi connectivity index (χ3v) is 17.0. The average molecular weight is 1110 g/mol. The molecule has 79 heavy (non-hydrogen) atoms. The molecule has 1 amide bonds. The normalized spacial score (nSPS) is 12.6. The second-order valence-corrected chi connectivity index (χ2v) is 24.9. The lowest BCUT2D eigenvalue weighted by molar-refractivity contribution is -0.143. The van der Waals surface area contributed by atoms with Crippen molar-refractivity contribution in [3.05, 3.63) is 24.3 Å². The van der Waals surface area contributed by atoms with Crippen LogP contribution in [0.3, 0.4) is 0 Å². The summed E-state index contributed by atoms with van der Waals surface area (Å²) in [6.45, 7) is 4.99. The van der Waals surface area contributed by atoms with Crippen LogP contribution < -0.4 is 5.32 Å². The van der Waals surface area contributed by atoms with Crippen LogP contribution in [0.15, 0.2) is 24.3 Å². The molecule has 3 N–H and O–H groups in total. The van der Waals surface area contributed by atoms with Crippen molar-refractivity contribution in [1.82, 2.24) is 5.32 Å². The highest BCUT2D eigenvalue weighted by Crippen LogP contribution is 2.19. The van der Waals surface area contributed by atoms with Gasteiger partial charge in [0.1, 0.15) is 0 Å². The summed E-state index contributed by atoms with van der Waals surface area (Å²) in [7, 11) is 0. The Bertz CT molecular complexity index is 1230. The third-order valence-electron chi connectivity index (χ3n) is 17.0. The number of carbonyl (C=O) groups is 2. The van der Waals surface area contributed by atoms with Gasteiger partial charge in [-0.15, -0.1) is 0 Å². The molecule has 0 radical (unpaired) electrons. The lowest BCUT2D eigenvalue weighted by Crippen LogP contribution is -2.45. The predicted octanol–water partition coefficient (Wildman–Crippen LogP) is 23.3. The number of rotatable bonds is 68. The van der Waals surface area contributed by atoms with Gasteiger partial charge in [0, 0.05) is 12.8 Å². The number of aliphatic hydroxyl groups excluding tert-OH is 2. The van der Waals surface area contributed by atoms with Crippen molar-refractivity contribution in [3.8, 4) is 0 Å². The molecule has 0 spiro atoms. The number of unbranched alkanes of at least 4 members (excludes halogenated alkanes) is 53. The fraction of sp³-hybridized carbons (Fsp3) is 0.918.